The van der Waals surface area contributed by atoms with Crippen LogP contribution in [0.4, 0.5) is 58.4 Å². The number of aromatic nitrogens is 20. The number of hydrogen-bond donors (Lipinski definition) is 5. The van der Waals surface area contributed by atoms with Crippen LogP contribution in [0.5, 0.6) is 0 Å². The van der Waals surface area contributed by atoms with Gasteiger partial charge in [-0.05, 0) is 215 Å². The zero-order valence-corrected chi connectivity index (χ0v) is 80.1. The monoisotopic (exact) mass is 1970 g/mol. The molecule has 0 aliphatic carbocycles. The molecule has 2 aliphatic rings. The Hall–Kier alpha value is -16.5. The van der Waals surface area contributed by atoms with Crippen LogP contribution >= 0.6 is 0 Å². The van der Waals surface area contributed by atoms with Gasteiger partial charge in [-0.15, -0.1) is 0 Å². The number of aliphatic hydroxyl groups is 1. The number of halogens is 8. The number of nitrogens with one attached hydrogen (secondary N) is 4. The summed E-state index contributed by atoms with van der Waals surface area (Å²) in [6, 6.07) is 43.7. The number of ether oxygens (including phenoxy) is 3. The molecule has 144 heavy (non-hydrogen) atoms. The lowest BCUT2D eigenvalue weighted by atomic mass is 10.1. The summed E-state index contributed by atoms with van der Waals surface area (Å²) in [5.41, 5.74) is 18.7. The molecule has 2 aliphatic heterocycles. The molecule has 1 atom stereocenters. The number of anilines is 4. The lowest BCUT2D eigenvalue weighted by molar-refractivity contribution is -0.136. The van der Waals surface area contributed by atoms with E-state index in [9.17, 15) is 48.6 Å². The van der Waals surface area contributed by atoms with Gasteiger partial charge in [-0.25, -0.2) is 83.4 Å². The van der Waals surface area contributed by atoms with Gasteiger partial charge in [0.05, 0.1) is 114 Å². The fraction of sp³-hybridized carbons (Fsp3) is 0.200. The average molecular weight is 1970 g/mol. The Morgan fingerprint density at radius 1 is 0.417 bits per heavy atom. The van der Waals surface area contributed by atoms with Gasteiger partial charge in [0.1, 0.15) is 98.5 Å². The summed E-state index contributed by atoms with van der Waals surface area (Å²) >= 11 is 0. The predicted octanol–water partition coefficient (Wildman–Crippen LogP) is 20.0. The molecule has 20 aromatic rings. The summed E-state index contributed by atoms with van der Waals surface area (Å²) in [6.07, 6.45) is 30.2. The molecule has 2 saturated heterocycles. The molecule has 0 radical (unpaired) electrons. The second kappa shape index (κ2) is 39.9. The zero-order valence-electron chi connectivity index (χ0n) is 79.3. The van der Waals surface area contributed by atoms with E-state index < -0.39 is 67.9 Å². The van der Waals surface area contributed by atoms with Crippen molar-refractivity contribution < 1.29 is 62.9 Å². The molecule has 0 saturated carbocycles. The first-order valence-electron chi connectivity index (χ1n) is 45.6. The third-order valence-electron chi connectivity index (χ3n) is 24.2. The molecule has 1 unspecified atom stereocenters. The molecule has 0 bridgehead atoms. The highest BCUT2D eigenvalue weighted by molar-refractivity contribution is 7.92. The second-order valence-electron chi connectivity index (χ2n) is 36.0. The molecular weight excluding hydrogens is 1880 g/mol. The molecule has 0 spiro atoms. The third kappa shape index (κ3) is 21.8. The Balaban J connectivity index is 0.000000122. The third-order valence-corrected chi connectivity index (χ3v) is 24.8. The van der Waals surface area contributed by atoms with Crippen LogP contribution in [0.1, 0.15) is 46.2 Å². The maximum atomic E-state index is 14.8. The van der Waals surface area contributed by atoms with Gasteiger partial charge < -0.3 is 35.3 Å². The van der Waals surface area contributed by atoms with E-state index in [1.807, 2.05) is 189 Å². The highest BCUT2D eigenvalue weighted by Crippen LogP contribution is 2.40. The molecule has 2 fully saturated rings. The van der Waals surface area contributed by atoms with Crippen LogP contribution in [0.3, 0.4) is 0 Å². The molecule has 16 aromatic heterocycles. The molecule has 30 nitrogen and oxygen atoms in total. The van der Waals surface area contributed by atoms with E-state index in [2.05, 4.69) is 80.9 Å². The van der Waals surface area contributed by atoms with Gasteiger partial charge in [0.2, 0.25) is 10.0 Å². The van der Waals surface area contributed by atoms with Crippen LogP contribution in [-0.4, -0.2) is 173 Å². The van der Waals surface area contributed by atoms with Crippen LogP contribution in [0.25, 0.3) is 157 Å². The van der Waals surface area contributed by atoms with Gasteiger partial charge in [0.15, 0.2) is 5.79 Å². The topological polar surface area (TPSA) is 322 Å². The fourth-order valence-electron chi connectivity index (χ4n) is 17.0. The summed E-state index contributed by atoms with van der Waals surface area (Å²) in [5, 5.41) is 37.0. The minimum Gasteiger partial charge on any atom is -0.389 e. The largest absolute Gasteiger partial charge is 0.389 e. The lowest BCUT2D eigenvalue weighted by Crippen LogP contribution is -2.29. The zero-order chi connectivity index (χ0) is 101. The second-order valence-corrected chi connectivity index (χ2v) is 37.8. The smallest absolute Gasteiger partial charge is 0.230 e. The van der Waals surface area contributed by atoms with Crippen molar-refractivity contribution in [3.63, 3.8) is 0 Å². The molecule has 39 heteroatoms. The average Bonchev–Trinajstić information content (AvgIpc) is 1.55. The minimum absolute atomic E-state index is 0.00119. The van der Waals surface area contributed by atoms with E-state index in [1.165, 1.54) is 48.5 Å². The molecule has 18 heterocycles. The van der Waals surface area contributed by atoms with Crippen LogP contribution in [0.2, 0.25) is 0 Å². The Kier molecular flexibility index (Phi) is 26.7. The van der Waals surface area contributed by atoms with E-state index in [1.54, 1.807) is 94.2 Å². The Labute approximate surface area is 819 Å². The van der Waals surface area contributed by atoms with Gasteiger partial charge in [0.25, 0.3) is 0 Å². The van der Waals surface area contributed by atoms with Gasteiger partial charge >= 0.3 is 0 Å². The molecular formula is C105H94F8N24O6S. The Morgan fingerprint density at radius 3 is 1.11 bits per heavy atom. The maximum absolute atomic E-state index is 14.8. The van der Waals surface area contributed by atoms with Crippen molar-refractivity contribution >= 4 is 55.9 Å². The van der Waals surface area contributed by atoms with Crippen molar-refractivity contribution in [3.8, 4) is 135 Å². The number of imidazole rings is 4. The first-order chi connectivity index (χ1) is 69.0. The van der Waals surface area contributed by atoms with E-state index in [-0.39, 0.29) is 52.5 Å². The van der Waals surface area contributed by atoms with E-state index in [0.29, 0.717) is 77.8 Å². The molecule has 732 valence electrons. The van der Waals surface area contributed by atoms with Crippen LogP contribution in [0, 0.1) is 53.5 Å². The van der Waals surface area contributed by atoms with Crippen molar-refractivity contribution in [2.75, 3.05) is 59.8 Å². The van der Waals surface area contributed by atoms with E-state index in [4.69, 9.17) is 14.2 Å². The van der Waals surface area contributed by atoms with Crippen molar-refractivity contribution in [3.05, 3.63) is 315 Å². The molecule has 0 amide bonds. The quantitative estimate of drug-likeness (QED) is 0.0394. The fourth-order valence-corrected chi connectivity index (χ4v) is 17.5. The number of rotatable bonds is 22. The lowest BCUT2D eigenvalue weighted by Gasteiger charge is -2.24. The van der Waals surface area contributed by atoms with Crippen molar-refractivity contribution in [1.29, 1.82) is 0 Å². The number of benzene rings is 4. The maximum Gasteiger partial charge on any atom is 0.230 e. The van der Waals surface area contributed by atoms with Gasteiger partial charge in [-0.1, -0.05) is 0 Å². The van der Waals surface area contributed by atoms with Gasteiger partial charge in [-0.3, -0.25) is 41.1 Å². The number of aryl methyl sites for hydroxylation is 4. The highest BCUT2D eigenvalue weighted by atomic mass is 32.2. The Morgan fingerprint density at radius 2 is 0.771 bits per heavy atom. The van der Waals surface area contributed by atoms with Gasteiger partial charge in [0, 0.05) is 201 Å². The number of fused-ring (bicyclic) bond motifs is 4. The highest BCUT2D eigenvalue weighted by Gasteiger charge is 2.33. The summed E-state index contributed by atoms with van der Waals surface area (Å²) in [6.45, 7) is 11.6. The Bertz CT molecular complexity index is 8360. The number of hydrogen-bond acceptors (Lipinski definition) is 21. The first kappa shape index (κ1) is 96.4. The normalized spacial score (nSPS) is 13.8. The van der Waals surface area contributed by atoms with Crippen molar-refractivity contribution in [1.82, 2.24) is 96.6 Å². The van der Waals surface area contributed by atoms with Crippen molar-refractivity contribution in [2.45, 2.75) is 71.0 Å². The number of pyridine rings is 8. The molecule has 5 N–H and O–H groups in total. The molecule has 22 rings (SSSR count). The van der Waals surface area contributed by atoms with Gasteiger partial charge in [-0.2, -0.15) is 20.4 Å². The SMILES string of the molecule is Cc1c(-c2ccn3c(-c4cc(NS(C)(=O)=O)nc(-c5ccc(F)cc5F)c4)cnc3c2)cnn1C.Cn1cc(-c2ccn3c(-c4cc(NC5CCOCC5)nc(-c5ccc(F)cc5F)c4)cnc3c2)cn1.Cn1cc(-c2ccn3c(-c4cc(NCC(C)(C)O)nc(-c5ccc(F)cc5F)c4)cnc3c2)cn1.Cn1cc(-c2ccn3c(-c4cc(NCC5COC(C)(C)O5)nc(-c5ccc(F)cc5F)c4)cnc3c2)cn1. The summed E-state index contributed by atoms with van der Waals surface area (Å²) in [5.74, 6) is -4.56. The number of nitrogens with zero attached hydrogens (tertiary/aromatic N) is 20. The minimum atomic E-state index is -3.66. The van der Waals surface area contributed by atoms with Crippen molar-refractivity contribution in [2.24, 2.45) is 28.2 Å². The van der Waals surface area contributed by atoms with Crippen LogP contribution in [0.15, 0.2) is 263 Å². The van der Waals surface area contributed by atoms with E-state index in [0.717, 1.165) is 150 Å². The van der Waals surface area contributed by atoms with Crippen LogP contribution in [-0.2, 0) is 52.4 Å². The predicted molar refractivity (Wildman–Crippen MR) is 533 cm³/mol. The van der Waals surface area contributed by atoms with E-state index >= 15 is 0 Å². The number of sulfonamides is 1. The summed E-state index contributed by atoms with van der Waals surface area (Å²) in [4.78, 5) is 36.4. The summed E-state index contributed by atoms with van der Waals surface area (Å²) < 4.78 is 171. The molecule has 4 aromatic carbocycles. The summed E-state index contributed by atoms with van der Waals surface area (Å²) in [7, 11) is 3.84. The standard InChI is InChI=1S/C28H26F2N6O2.C27H24F2N6O.C26H24F2N6O.C24H20F2N6O2S/c1-28(2)37-16-21(38-28)13-31-26-9-18(8-24(34-26)22-5-4-20(29)11-23(22)30)25-14-32-27-10-17(6-7-36(25)27)19-12-33-35(3)15-19;1-34-16-19(14-31-34)17-4-7-35-25(15-30-27(35)12-17)18-10-24(22-3-2-20(28)13-23(22)29)33-26(11-18)32-21-5-8-36-9-6-21;1-26(2,35)15-30-24-9-17(8-22(32-24)20-5-4-19(27)11-21(20)28)23-13-29-25-10-16(6-7-34(23)25)18-12-31-33(3)14-18;1-14-19(12-28-31(14)2)15-6-7-32-22(13-27-24(32)10-15)16-8-21(18-5-4-17(25)11-20(18)26)29-23(9-16)30-35(3,33)34/h4-12,14-15,21H,13,16H2,1-3H3,(H,31,34);2-4,7,10-16,21H,5-6,8-9H2,1H3,(H,32,33);4-14,35H,15H2,1-3H3,(H,30,32);4-13H,1-3H3,(H,29,30). The van der Waals surface area contributed by atoms with Crippen LogP contribution < -0.4 is 20.7 Å². The first-order valence-corrected chi connectivity index (χ1v) is 47.5.